The van der Waals surface area contributed by atoms with Crippen LogP contribution in [0, 0.1) is 0 Å². The number of rotatable bonds is 6. The van der Waals surface area contributed by atoms with Gasteiger partial charge in [0.15, 0.2) is 0 Å². The summed E-state index contributed by atoms with van der Waals surface area (Å²) >= 11 is 0. The van der Waals surface area contributed by atoms with Crippen molar-refractivity contribution in [2.45, 2.75) is 26.3 Å². The van der Waals surface area contributed by atoms with E-state index < -0.39 is 11.5 Å². The third-order valence-corrected chi connectivity index (χ3v) is 2.46. The number of carboxylic acids is 1. The lowest BCUT2D eigenvalue weighted by Crippen LogP contribution is -2.55. The maximum atomic E-state index is 10.9. The molecule has 0 heterocycles. The van der Waals surface area contributed by atoms with Crippen LogP contribution in [0.4, 0.5) is 0 Å². The number of nitrogens with one attached hydrogen (secondary N) is 1. The molecule has 4 heteroatoms. The van der Waals surface area contributed by atoms with Crippen molar-refractivity contribution in [3.05, 3.63) is 0 Å². The molecule has 0 spiro atoms. The van der Waals surface area contributed by atoms with Crippen LogP contribution in [0.25, 0.3) is 0 Å². The molecule has 0 aromatic carbocycles. The molecule has 0 bridgehead atoms. The Morgan fingerprint density at radius 3 is 2.15 bits per heavy atom. The smallest absolute Gasteiger partial charge is 0.324 e. The van der Waals surface area contributed by atoms with E-state index in [0.717, 1.165) is 13.1 Å². The Hall–Kier alpha value is -0.610. The summed E-state index contributed by atoms with van der Waals surface area (Å²) in [4.78, 5) is 13.0. The van der Waals surface area contributed by atoms with E-state index in [2.05, 4.69) is 10.2 Å². The second-order valence-corrected chi connectivity index (χ2v) is 3.35. The molecule has 0 aliphatic carbocycles. The summed E-state index contributed by atoms with van der Waals surface area (Å²) in [6.07, 6.45) is 0. The van der Waals surface area contributed by atoms with E-state index in [1.165, 1.54) is 0 Å². The number of aliphatic carboxylic acids is 1. The van der Waals surface area contributed by atoms with Crippen molar-refractivity contribution in [2.75, 3.05) is 26.7 Å². The van der Waals surface area contributed by atoms with Crippen LogP contribution in [-0.2, 0) is 4.79 Å². The summed E-state index contributed by atoms with van der Waals surface area (Å²) in [6.45, 7) is 8.05. The van der Waals surface area contributed by atoms with Crippen LogP contribution in [0.3, 0.4) is 0 Å². The zero-order valence-corrected chi connectivity index (χ0v) is 8.92. The molecule has 0 radical (unpaired) electrons. The van der Waals surface area contributed by atoms with Crippen LogP contribution in [0.15, 0.2) is 0 Å². The van der Waals surface area contributed by atoms with Gasteiger partial charge in [0.05, 0.1) is 0 Å². The van der Waals surface area contributed by atoms with Crippen molar-refractivity contribution in [3.8, 4) is 0 Å². The first-order valence-corrected chi connectivity index (χ1v) is 4.64. The van der Waals surface area contributed by atoms with Gasteiger partial charge in [-0.1, -0.05) is 13.8 Å². The molecule has 0 fully saturated rings. The van der Waals surface area contributed by atoms with Crippen molar-refractivity contribution in [3.63, 3.8) is 0 Å². The van der Waals surface area contributed by atoms with Crippen molar-refractivity contribution >= 4 is 5.97 Å². The Morgan fingerprint density at radius 1 is 1.46 bits per heavy atom. The molecule has 0 aromatic rings. The van der Waals surface area contributed by atoms with Crippen molar-refractivity contribution in [1.82, 2.24) is 10.2 Å². The fourth-order valence-electron chi connectivity index (χ4n) is 1.15. The average Bonchev–Trinajstić information content (AvgIpc) is 2.13. The van der Waals surface area contributed by atoms with Gasteiger partial charge in [-0.25, -0.2) is 0 Å². The fourth-order valence-corrected chi connectivity index (χ4v) is 1.15. The van der Waals surface area contributed by atoms with Gasteiger partial charge >= 0.3 is 5.97 Å². The van der Waals surface area contributed by atoms with E-state index in [1.54, 1.807) is 14.0 Å². The molecule has 0 saturated heterocycles. The van der Waals surface area contributed by atoms with Gasteiger partial charge in [0.25, 0.3) is 0 Å². The maximum Gasteiger partial charge on any atom is 0.324 e. The lowest BCUT2D eigenvalue weighted by Gasteiger charge is -2.30. The first-order valence-electron chi connectivity index (χ1n) is 4.64. The molecule has 78 valence electrons. The number of carbonyl (C=O) groups is 1. The first kappa shape index (κ1) is 12.4. The zero-order valence-electron chi connectivity index (χ0n) is 8.92. The molecule has 1 unspecified atom stereocenters. The Bertz CT molecular complexity index is 169. The van der Waals surface area contributed by atoms with Crippen LogP contribution >= 0.6 is 0 Å². The highest BCUT2D eigenvalue weighted by Gasteiger charge is 2.32. The summed E-state index contributed by atoms with van der Waals surface area (Å²) in [7, 11) is 1.68. The van der Waals surface area contributed by atoms with Crippen LogP contribution in [-0.4, -0.2) is 48.2 Å². The van der Waals surface area contributed by atoms with E-state index in [4.69, 9.17) is 5.11 Å². The van der Waals surface area contributed by atoms with Gasteiger partial charge in [0.1, 0.15) is 5.54 Å². The third kappa shape index (κ3) is 3.32. The van der Waals surface area contributed by atoms with Gasteiger partial charge in [-0.15, -0.1) is 0 Å². The van der Waals surface area contributed by atoms with Crippen LogP contribution in [0.2, 0.25) is 0 Å². The maximum absolute atomic E-state index is 10.9. The Morgan fingerprint density at radius 2 is 1.92 bits per heavy atom. The van der Waals surface area contributed by atoms with E-state index in [-0.39, 0.29) is 0 Å². The highest BCUT2D eigenvalue weighted by Crippen LogP contribution is 2.06. The standard InChI is InChI=1S/C9H20N2O2/c1-5-11(6-2)7-9(3,10-4)8(12)13/h10H,5-7H2,1-4H3,(H,12,13). The number of hydrogen-bond donors (Lipinski definition) is 2. The average molecular weight is 188 g/mol. The minimum atomic E-state index is -0.841. The lowest BCUT2D eigenvalue weighted by molar-refractivity contribution is -0.144. The largest absolute Gasteiger partial charge is 0.480 e. The molecule has 0 rings (SSSR count). The van der Waals surface area contributed by atoms with Crippen molar-refractivity contribution in [1.29, 1.82) is 0 Å². The number of hydrogen-bond acceptors (Lipinski definition) is 3. The van der Waals surface area contributed by atoms with E-state index >= 15 is 0 Å². The molecule has 0 aromatic heterocycles. The Kier molecular flexibility index (Phi) is 4.95. The van der Waals surface area contributed by atoms with E-state index in [1.807, 2.05) is 13.8 Å². The van der Waals surface area contributed by atoms with Crippen LogP contribution < -0.4 is 5.32 Å². The molecule has 0 saturated carbocycles. The van der Waals surface area contributed by atoms with Gasteiger partial charge < -0.3 is 15.3 Å². The normalized spacial score (nSPS) is 15.8. The highest BCUT2D eigenvalue weighted by molar-refractivity contribution is 5.78. The highest BCUT2D eigenvalue weighted by atomic mass is 16.4. The molecule has 13 heavy (non-hydrogen) atoms. The molecular formula is C9H20N2O2. The SMILES string of the molecule is CCN(CC)CC(C)(NC)C(=O)O. The molecule has 4 nitrogen and oxygen atoms in total. The summed E-state index contributed by atoms with van der Waals surface area (Å²) < 4.78 is 0. The number of likely N-dealkylation sites (N-methyl/N-ethyl adjacent to an activating group) is 2. The van der Waals surface area contributed by atoms with Gasteiger partial charge in [0.2, 0.25) is 0 Å². The second kappa shape index (κ2) is 5.19. The first-order chi connectivity index (χ1) is 6.00. The quantitative estimate of drug-likeness (QED) is 0.633. The topological polar surface area (TPSA) is 52.6 Å². The minimum absolute atomic E-state index is 0.534. The zero-order chi connectivity index (χ0) is 10.5. The molecule has 1 atom stereocenters. The Balaban J connectivity index is 4.33. The second-order valence-electron chi connectivity index (χ2n) is 3.35. The summed E-state index contributed by atoms with van der Waals surface area (Å²) in [6, 6.07) is 0. The van der Waals surface area contributed by atoms with E-state index in [9.17, 15) is 4.79 Å². The molecule has 0 amide bonds. The van der Waals surface area contributed by atoms with Gasteiger partial charge in [0, 0.05) is 6.54 Å². The van der Waals surface area contributed by atoms with Gasteiger partial charge in [-0.3, -0.25) is 4.79 Å². The minimum Gasteiger partial charge on any atom is -0.480 e. The third-order valence-electron chi connectivity index (χ3n) is 2.46. The van der Waals surface area contributed by atoms with Gasteiger partial charge in [-0.05, 0) is 27.1 Å². The monoisotopic (exact) mass is 188 g/mol. The lowest BCUT2D eigenvalue weighted by atomic mass is 10.0. The predicted molar refractivity (Wildman–Crippen MR) is 52.9 cm³/mol. The van der Waals surface area contributed by atoms with Gasteiger partial charge in [-0.2, -0.15) is 0 Å². The van der Waals surface area contributed by atoms with E-state index in [0.29, 0.717) is 6.54 Å². The summed E-state index contributed by atoms with van der Waals surface area (Å²) in [5, 5.41) is 11.8. The Labute approximate surface area is 79.9 Å². The molecule has 0 aliphatic rings. The van der Waals surface area contributed by atoms with Crippen LogP contribution in [0.5, 0.6) is 0 Å². The number of nitrogens with zero attached hydrogens (tertiary/aromatic N) is 1. The summed E-state index contributed by atoms with van der Waals surface area (Å²) in [5.74, 6) is -0.804. The molecule has 2 N–H and O–H groups in total. The van der Waals surface area contributed by atoms with Crippen molar-refractivity contribution in [2.24, 2.45) is 0 Å². The molecular weight excluding hydrogens is 168 g/mol. The number of carboxylic acid groups (broad SMARTS) is 1. The van der Waals surface area contributed by atoms with Crippen LogP contribution in [0.1, 0.15) is 20.8 Å². The van der Waals surface area contributed by atoms with Crippen molar-refractivity contribution < 1.29 is 9.90 Å². The predicted octanol–water partition coefficient (Wildman–Crippen LogP) is 0.391. The summed E-state index contributed by atoms with van der Waals surface area (Å²) in [5.41, 5.74) is -0.841. The fraction of sp³-hybridized carbons (Fsp3) is 0.889. The molecule has 0 aliphatic heterocycles.